The Morgan fingerprint density at radius 3 is 2.64 bits per heavy atom. The standard InChI is InChI=1S/C19H24N6O3/c1-19(2,3)28-18(27)23-9-7-13(8-10-23)25-15-6-4-5-14(16(15)22-17(25)26)24-12-20-11-21-24/h4-6,11-13H,7-10H2,1-3H3,(H,22,26). The number of benzene rings is 1. The number of rotatable bonds is 2. The minimum atomic E-state index is -0.514. The van der Waals surface area contributed by atoms with Crippen molar-refractivity contribution in [2.45, 2.75) is 45.3 Å². The van der Waals surface area contributed by atoms with E-state index < -0.39 is 5.60 Å². The van der Waals surface area contributed by atoms with Crippen molar-refractivity contribution < 1.29 is 9.53 Å². The fourth-order valence-electron chi connectivity index (χ4n) is 3.65. The molecule has 2 aromatic heterocycles. The minimum absolute atomic E-state index is 0.0194. The number of carbonyl (C=O) groups is 1. The van der Waals surface area contributed by atoms with E-state index in [1.165, 1.54) is 6.33 Å². The summed E-state index contributed by atoms with van der Waals surface area (Å²) >= 11 is 0. The number of aromatic amines is 1. The highest BCUT2D eigenvalue weighted by Gasteiger charge is 2.29. The molecule has 0 spiro atoms. The predicted molar refractivity (Wildman–Crippen MR) is 104 cm³/mol. The maximum Gasteiger partial charge on any atom is 0.410 e. The van der Waals surface area contributed by atoms with Crippen LogP contribution in [0.15, 0.2) is 35.6 Å². The molecule has 1 aliphatic rings. The summed E-state index contributed by atoms with van der Waals surface area (Å²) in [6.07, 6.45) is 4.15. The third-order valence-electron chi connectivity index (χ3n) is 4.88. The summed E-state index contributed by atoms with van der Waals surface area (Å²) in [4.78, 5) is 33.6. The first-order valence-electron chi connectivity index (χ1n) is 9.39. The van der Waals surface area contributed by atoms with E-state index in [1.807, 2.05) is 39.0 Å². The Morgan fingerprint density at radius 1 is 1.25 bits per heavy atom. The van der Waals surface area contributed by atoms with Gasteiger partial charge in [-0.25, -0.2) is 19.3 Å². The molecular formula is C19H24N6O3. The molecule has 0 saturated carbocycles. The van der Waals surface area contributed by atoms with Crippen LogP contribution in [0.5, 0.6) is 0 Å². The molecule has 9 nitrogen and oxygen atoms in total. The fraction of sp³-hybridized carbons (Fsp3) is 0.474. The van der Waals surface area contributed by atoms with Crippen molar-refractivity contribution in [2.75, 3.05) is 13.1 Å². The maximum atomic E-state index is 12.7. The number of hydrogen-bond acceptors (Lipinski definition) is 5. The molecule has 1 amide bonds. The number of likely N-dealkylation sites (tertiary alicyclic amines) is 1. The lowest BCUT2D eigenvalue weighted by Crippen LogP contribution is -2.43. The monoisotopic (exact) mass is 384 g/mol. The maximum absolute atomic E-state index is 12.7. The van der Waals surface area contributed by atoms with Gasteiger partial charge >= 0.3 is 11.8 Å². The van der Waals surface area contributed by atoms with Gasteiger partial charge in [0.1, 0.15) is 18.3 Å². The predicted octanol–water partition coefficient (Wildman–Crippen LogP) is 2.48. The van der Waals surface area contributed by atoms with Gasteiger partial charge in [-0.1, -0.05) is 6.07 Å². The number of imidazole rings is 1. The van der Waals surface area contributed by atoms with Crippen LogP contribution in [0.2, 0.25) is 0 Å². The van der Waals surface area contributed by atoms with Gasteiger partial charge in [-0.05, 0) is 45.7 Å². The molecule has 3 heterocycles. The van der Waals surface area contributed by atoms with E-state index >= 15 is 0 Å². The van der Waals surface area contributed by atoms with Crippen LogP contribution in [-0.2, 0) is 4.74 Å². The number of hydrogen-bond donors (Lipinski definition) is 1. The summed E-state index contributed by atoms with van der Waals surface area (Å²) in [5.41, 5.74) is 1.66. The number of ether oxygens (including phenoxy) is 1. The Kier molecular flexibility index (Phi) is 4.44. The highest BCUT2D eigenvalue weighted by Crippen LogP contribution is 2.27. The lowest BCUT2D eigenvalue weighted by atomic mass is 10.0. The lowest BCUT2D eigenvalue weighted by Gasteiger charge is -2.33. The highest BCUT2D eigenvalue weighted by molar-refractivity contribution is 5.84. The van der Waals surface area contributed by atoms with Crippen molar-refractivity contribution in [3.63, 3.8) is 0 Å². The van der Waals surface area contributed by atoms with Crippen LogP contribution >= 0.6 is 0 Å². The summed E-state index contributed by atoms with van der Waals surface area (Å²) in [5.74, 6) is 0. The van der Waals surface area contributed by atoms with Crippen molar-refractivity contribution in [3.8, 4) is 5.69 Å². The molecule has 4 rings (SSSR count). The molecule has 148 valence electrons. The molecule has 3 aromatic rings. The average Bonchev–Trinajstić information content (AvgIpc) is 3.27. The molecule has 0 bridgehead atoms. The van der Waals surface area contributed by atoms with Crippen LogP contribution in [0.4, 0.5) is 4.79 Å². The smallest absolute Gasteiger partial charge is 0.410 e. The zero-order chi connectivity index (χ0) is 19.9. The molecule has 1 saturated heterocycles. The Hall–Kier alpha value is -3.10. The van der Waals surface area contributed by atoms with E-state index in [9.17, 15) is 9.59 Å². The number of fused-ring (bicyclic) bond motifs is 1. The molecule has 28 heavy (non-hydrogen) atoms. The minimum Gasteiger partial charge on any atom is -0.444 e. The van der Waals surface area contributed by atoms with E-state index in [2.05, 4.69) is 15.1 Å². The second-order valence-electron chi connectivity index (χ2n) is 8.01. The summed E-state index contributed by atoms with van der Waals surface area (Å²) in [6, 6.07) is 5.74. The summed E-state index contributed by atoms with van der Waals surface area (Å²) < 4.78 is 8.88. The largest absolute Gasteiger partial charge is 0.444 e. The van der Waals surface area contributed by atoms with Gasteiger partial charge in [0.05, 0.1) is 16.7 Å². The third kappa shape index (κ3) is 3.39. The van der Waals surface area contributed by atoms with Gasteiger partial charge < -0.3 is 14.6 Å². The topological polar surface area (TPSA) is 98.0 Å². The van der Waals surface area contributed by atoms with Crippen molar-refractivity contribution in [3.05, 3.63) is 41.3 Å². The van der Waals surface area contributed by atoms with Crippen molar-refractivity contribution in [1.29, 1.82) is 0 Å². The molecule has 1 aromatic carbocycles. The molecule has 9 heteroatoms. The van der Waals surface area contributed by atoms with Gasteiger partial charge in [0, 0.05) is 19.1 Å². The van der Waals surface area contributed by atoms with Gasteiger partial charge in [0.25, 0.3) is 0 Å². The van der Waals surface area contributed by atoms with Crippen LogP contribution < -0.4 is 5.69 Å². The van der Waals surface area contributed by atoms with Crippen LogP contribution in [0.3, 0.4) is 0 Å². The number of amides is 1. The van der Waals surface area contributed by atoms with Gasteiger partial charge in [0.15, 0.2) is 0 Å². The molecule has 0 atom stereocenters. The van der Waals surface area contributed by atoms with E-state index in [4.69, 9.17) is 4.74 Å². The van der Waals surface area contributed by atoms with Crippen LogP contribution in [0, 0.1) is 0 Å². The van der Waals surface area contributed by atoms with E-state index in [-0.39, 0.29) is 17.8 Å². The average molecular weight is 384 g/mol. The number of H-pyrrole nitrogens is 1. The lowest BCUT2D eigenvalue weighted by molar-refractivity contribution is 0.0189. The molecule has 1 N–H and O–H groups in total. The molecule has 0 aliphatic carbocycles. The Bertz CT molecular complexity index is 1040. The number of piperidine rings is 1. The van der Waals surface area contributed by atoms with Gasteiger partial charge in [-0.3, -0.25) is 4.57 Å². The number of para-hydroxylation sites is 1. The van der Waals surface area contributed by atoms with E-state index in [1.54, 1.807) is 20.5 Å². The third-order valence-corrected chi connectivity index (χ3v) is 4.88. The Labute approximate surface area is 161 Å². The molecular weight excluding hydrogens is 360 g/mol. The summed E-state index contributed by atoms with van der Waals surface area (Å²) in [5, 5.41) is 4.16. The van der Waals surface area contributed by atoms with Crippen molar-refractivity contribution >= 4 is 17.1 Å². The zero-order valence-corrected chi connectivity index (χ0v) is 16.3. The van der Waals surface area contributed by atoms with E-state index in [0.717, 1.165) is 16.7 Å². The quantitative estimate of drug-likeness (QED) is 0.732. The molecule has 0 radical (unpaired) electrons. The Balaban J connectivity index is 1.58. The van der Waals surface area contributed by atoms with Gasteiger partial charge in [-0.15, -0.1) is 0 Å². The summed E-state index contributed by atoms with van der Waals surface area (Å²) in [7, 11) is 0. The van der Waals surface area contributed by atoms with Gasteiger partial charge in [-0.2, -0.15) is 5.10 Å². The normalized spacial score (nSPS) is 15.9. The number of carbonyl (C=O) groups excluding carboxylic acids is 1. The van der Waals surface area contributed by atoms with E-state index in [0.29, 0.717) is 25.9 Å². The van der Waals surface area contributed by atoms with Gasteiger partial charge in [0.2, 0.25) is 0 Å². The highest BCUT2D eigenvalue weighted by atomic mass is 16.6. The number of nitrogens with zero attached hydrogens (tertiary/aromatic N) is 5. The fourth-order valence-corrected chi connectivity index (χ4v) is 3.65. The first-order valence-corrected chi connectivity index (χ1v) is 9.39. The number of nitrogens with one attached hydrogen (secondary N) is 1. The van der Waals surface area contributed by atoms with Crippen LogP contribution in [-0.4, -0.2) is 54.0 Å². The van der Waals surface area contributed by atoms with Crippen LogP contribution in [0.25, 0.3) is 16.7 Å². The Morgan fingerprint density at radius 2 is 2.00 bits per heavy atom. The van der Waals surface area contributed by atoms with Crippen molar-refractivity contribution in [2.24, 2.45) is 0 Å². The zero-order valence-electron chi connectivity index (χ0n) is 16.3. The molecule has 0 unspecified atom stereocenters. The molecule has 1 aliphatic heterocycles. The second-order valence-corrected chi connectivity index (χ2v) is 8.01. The number of aromatic nitrogens is 5. The summed E-state index contributed by atoms with van der Waals surface area (Å²) in [6.45, 7) is 6.69. The van der Waals surface area contributed by atoms with Crippen molar-refractivity contribution in [1.82, 2.24) is 29.2 Å². The second kappa shape index (κ2) is 6.81. The first-order chi connectivity index (χ1) is 13.3. The van der Waals surface area contributed by atoms with Crippen LogP contribution in [0.1, 0.15) is 39.7 Å². The first kappa shape index (κ1) is 18.3. The molecule has 1 fully saturated rings. The SMILES string of the molecule is CC(C)(C)OC(=O)N1CCC(n2c(=O)[nH]c3c(-n4cncn4)cccc32)CC1.